The lowest BCUT2D eigenvalue weighted by molar-refractivity contribution is 0.417. The van der Waals surface area contributed by atoms with Crippen LogP contribution >= 0.6 is 0 Å². The number of aryl methyl sites for hydroxylation is 2. The molecular formula is C15H19N3. The van der Waals surface area contributed by atoms with E-state index in [9.17, 15) is 0 Å². The summed E-state index contributed by atoms with van der Waals surface area (Å²) in [6.07, 6.45) is 4.72. The Morgan fingerprint density at radius 2 is 2.28 bits per heavy atom. The van der Waals surface area contributed by atoms with Crippen molar-refractivity contribution < 1.29 is 0 Å². The van der Waals surface area contributed by atoms with Crippen molar-refractivity contribution in [3.05, 3.63) is 35.5 Å². The second-order valence-corrected chi connectivity index (χ2v) is 5.47. The number of rotatable bonds is 2. The van der Waals surface area contributed by atoms with Gasteiger partial charge in [-0.2, -0.15) is 0 Å². The maximum absolute atomic E-state index is 3.60. The molecule has 3 nitrogen and oxygen atoms in total. The number of nitrogens with zero attached hydrogens (tertiary/aromatic N) is 1. The van der Waals surface area contributed by atoms with Crippen molar-refractivity contribution in [1.82, 2.24) is 15.2 Å². The second-order valence-electron chi connectivity index (χ2n) is 5.47. The van der Waals surface area contributed by atoms with E-state index in [1.807, 2.05) is 0 Å². The largest absolute Gasteiger partial charge is 0.347 e. The average molecular weight is 241 g/mol. The molecule has 18 heavy (non-hydrogen) atoms. The Hall–Kier alpha value is -1.32. The first-order valence-electron chi connectivity index (χ1n) is 6.95. The van der Waals surface area contributed by atoms with E-state index in [2.05, 4.69) is 39.6 Å². The molecule has 0 saturated carbocycles. The lowest BCUT2D eigenvalue weighted by Crippen LogP contribution is -2.49. The number of hydrogen-bond donors (Lipinski definition) is 2. The highest BCUT2D eigenvalue weighted by molar-refractivity contribution is 5.88. The summed E-state index contributed by atoms with van der Waals surface area (Å²) >= 11 is 0. The number of benzene rings is 1. The third-order valence-electron chi connectivity index (χ3n) is 4.28. The first-order valence-corrected chi connectivity index (χ1v) is 6.95. The van der Waals surface area contributed by atoms with Gasteiger partial charge >= 0.3 is 0 Å². The minimum atomic E-state index is 0.584. The highest BCUT2D eigenvalue weighted by atomic mass is 15.1. The summed E-state index contributed by atoms with van der Waals surface area (Å²) in [5, 5.41) is 8.54. The van der Waals surface area contributed by atoms with Crippen LogP contribution in [0.4, 0.5) is 0 Å². The summed E-state index contributed by atoms with van der Waals surface area (Å²) in [5.74, 6) is 0. The minimum Gasteiger partial charge on any atom is -0.347 e. The van der Waals surface area contributed by atoms with E-state index in [1.165, 1.54) is 28.5 Å². The van der Waals surface area contributed by atoms with Gasteiger partial charge in [0.1, 0.15) is 0 Å². The molecule has 1 aromatic carbocycles. The molecule has 0 spiro atoms. The van der Waals surface area contributed by atoms with Gasteiger partial charge in [-0.15, -0.1) is 0 Å². The topological polar surface area (TPSA) is 29.0 Å². The van der Waals surface area contributed by atoms with Gasteiger partial charge in [0.05, 0.1) is 5.52 Å². The van der Waals surface area contributed by atoms with Gasteiger partial charge in [0.25, 0.3) is 0 Å². The van der Waals surface area contributed by atoms with Crippen molar-refractivity contribution in [2.75, 3.05) is 19.6 Å². The van der Waals surface area contributed by atoms with Gasteiger partial charge < -0.3 is 15.2 Å². The van der Waals surface area contributed by atoms with Gasteiger partial charge in [0, 0.05) is 43.8 Å². The van der Waals surface area contributed by atoms with Crippen LogP contribution in [-0.4, -0.2) is 30.2 Å². The Kier molecular flexibility index (Phi) is 2.42. The highest BCUT2D eigenvalue weighted by Crippen LogP contribution is 2.30. The lowest BCUT2D eigenvalue weighted by atomic mass is 10.0. The maximum Gasteiger partial charge on any atom is 0.0516 e. The Morgan fingerprint density at radius 1 is 1.28 bits per heavy atom. The molecule has 2 aliphatic rings. The van der Waals surface area contributed by atoms with E-state index >= 15 is 0 Å². The van der Waals surface area contributed by atoms with Gasteiger partial charge in [-0.05, 0) is 24.0 Å². The van der Waals surface area contributed by atoms with Gasteiger partial charge in [0.2, 0.25) is 0 Å². The zero-order valence-corrected chi connectivity index (χ0v) is 10.6. The molecule has 0 amide bonds. The molecule has 0 aliphatic carbocycles. The molecule has 1 fully saturated rings. The molecule has 2 aromatic rings. The summed E-state index contributed by atoms with van der Waals surface area (Å²) in [6.45, 7) is 4.44. The zero-order chi connectivity index (χ0) is 11.9. The SMILES string of the molecule is c1cc2c3c(c1)c(CC1CNCCN1)cn3CC2. The van der Waals surface area contributed by atoms with Crippen LogP contribution in [0, 0.1) is 0 Å². The van der Waals surface area contributed by atoms with E-state index in [1.54, 1.807) is 0 Å². The summed E-state index contributed by atoms with van der Waals surface area (Å²) in [5.41, 5.74) is 4.51. The van der Waals surface area contributed by atoms with E-state index in [0.717, 1.165) is 32.6 Å². The fraction of sp³-hybridized carbons (Fsp3) is 0.467. The Labute approximate surface area is 107 Å². The normalized spacial score (nSPS) is 22.8. The summed E-state index contributed by atoms with van der Waals surface area (Å²) in [6, 6.07) is 7.35. The van der Waals surface area contributed by atoms with Crippen LogP contribution in [0.5, 0.6) is 0 Å². The molecule has 2 N–H and O–H groups in total. The smallest absolute Gasteiger partial charge is 0.0516 e. The number of hydrogen-bond acceptors (Lipinski definition) is 2. The predicted octanol–water partition coefficient (Wildman–Crippen LogP) is 1.30. The van der Waals surface area contributed by atoms with Crippen LogP contribution in [-0.2, 0) is 19.4 Å². The van der Waals surface area contributed by atoms with E-state index in [-0.39, 0.29) is 0 Å². The standard InChI is InChI=1S/C15H19N3/c1-2-11-4-7-18-10-12(14(3-1)15(11)18)8-13-9-16-5-6-17-13/h1-3,10,13,16-17H,4-9H2. The van der Waals surface area contributed by atoms with E-state index < -0.39 is 0 Å². The number of nitrogens with one attached hydrogen (secondary N) is 2. The molecule has 3 heterocycles. The lowest BCUT2D eigenvalue weighted by Gasteiger charge is -2.24. The average Bonchev–Trinajstić information content (AvgIpc) is 2.97. The van der Waals surface area contributed by atoms with Crippen LogP contribution in [0.2, 0.25) is 0 Å². The third kappa shape index (κ3) is 1.58. The fourth-order valence-electron chi connectivity index (χ4n) is 3.42. The molecule has 0 bridgehead atoms. The van der Waals surface area contributed by atoms with Crippen molar-refractivity contribution in [1.29, 1.82) is 0 Å². The first kappa shape index (κ1) is 10.6. The van der Waals surface area contributed by atoms with Gasteiger partial charge in [0.15, 0.2) is 0 Å². The van der Waals surface area contributed by atoms with Crippen molar-refractivity contribution in [3.63, 3.8) is 0 Å². The number of piperazine rings is 1. The molecule has 2 aliphatic heterocycles. The van der Waals surface area contributed by atoms with Crippen LogP contribution in [0.15, 0.2) is 24.4 Å². The number of para-hydroxylation sites is 1. The minimum absolute atomic E-state index is 0.584. The molecule has 94 valence electrons. The van der Waals surface area contributed by atoms with E-state index in [4.69, 9.17) is 0 Å². The number of aromatic nitrogens is 1. The molecule has 1 unspecified atom stereocenters. The van der Waals surface area contributed by atoms with Gasteiger partial charge in [-0.3, -0.25) is 0 Å². The van der Waals surface area contributed by atoms with Crippen molar-refractivity contribution in [2.24, 2.45) is 0 Å². The fourth-order valence-corrected chi connectivity index (χ4v) is 3.42. The summed E-state index contributed by atoms with van der Waals surface area (Å²) in [7, 11) is 0. The second kappa shape index (κ2) is 4.11. The Morgan fingerprint density at radius 3 is 3.17 bits per heavy atom. The van der Waals surface area contributed by atoms with Crippen LogP contribution in [0.25, 0.3) is 10.9 Å². The molecule has 1 aromatic heterocycles. The molecule has 1 saturated heterocycles. The molecule has 1 atom stereocenters. The zero-order valence-electron chi connectivity index (χ0n) is 10.6. The Bertz CT molecular complexity index is 579. The maximum atomic E-state index is 3.60. The monoisotopic (exact) mass is 241 g/mol. The van der Waals surface area contributed by atoms with Crippen molar-refractivity contribution >= 4 is 10.9 Å². The van der Waals surface area contributed by atoms with E-state index in [0.29, 0.717) is 6.04 Å². The van der Waals surface area contributed by atoms with Gasteiger partial charge in [-0.25, -0.2) is 0 Å². The predicted molar refractivity (Wildman–Crippen MR) is 74.0 cm³/mol. The van der Waals surface area contributed by atoms with Crippen LogP contribution < -0.4 is 10.6 Å². The molecule has 4 rings (SSSR count). The summed E-state index contributed by atoms with van der Waals surface area (Å²) in [4.78, 5) is 0. The highest BCUT2D eigenvalue weighted by Gasteiger charge is 2.20. The molecule has 3 heteroatoms. The molecular weight excluding hydrogens is 222 g/mol. The third-order valence-corrected chi connectivity index (χ3v) is 4.28. The van der Waals surface area contributed by atoms with Crippen molar-refractivity contribution in [3.8, 4) is 0 Å². The Balaban J connectivity index is 1.71. The van der Waals surface area contributed by atoms with Crippen LogP contribution in [0.3, 0.4) is 0 Å². The first-order chi connectivity index (χ1) is 8.92. The quantitative estimate of drug-likeness (QED) is 0.830. The molecule has 0 radical (unpaired) electrons. The van der Waals surface area contributed by atoms with Crippen LogP contribution in [0.1, 0.15) is 11.1 Å². The summed E-state index contributed by atoms with van der Waals surface area (Å²) < 4.78 is 2.44. The van der Waals surface area contributed by atoms with Gasteiger partial charge in [-0.1, -0.05) is 18.2 Å². The van der Waals surface area contributed by atoms with Crippen molar-refractivity contribution in [2.45, 2.75) is 25.4 Å².